The molecule has 0 aliphatic heterocycles. The van der Waals surface area contributed by atoms with Gasteiger partial charge in [-0.05, 0) is 57.1 Å². The lowest BCUT2D eigenvalue weighted by Crippen LogP contribution is -2.10. The summed E-state index contributed by atoms with van der Waals surface area (Å²) in [6, 6.07) is 0.388. The van der Waals surface area contributed by atoms with E-state index in [1.165, 1.54) is 12.8 Å². The molecular weight excluding hydrogens is 266 g/mol. The van der Waals surface area contributed by atoms with Crippen LogP contribution in [0.4, 0.5) is 0 Å². The highest BCUT2D eigenvalue weighted by molar-refractivity contribution is 5.80. The molecule has 2 aromatic heterocycles. The van der Waals surface area contributed by atoms with Gasteiger partial charge < -0.3 is 5.11 Å². The number of carboxylic acids is 1. The van der Waals surface area contributed by atoms with Crippen LogP contribution in [0.1, 0.15) is 49.0 Å². The van der Waals surface area contributed by atoms with Crippen molar-refractivity contribution in [3.05, 3.63) is 23.0 Å². The van der Waals surface area contributed by atoms with E-state index in [1.807, 2.05) is 24.7 Å². The summed E-state index contributed by atoms with van der Waals surface area (Å²) in [5.41, 5.74) is 4.02. The SMILES string of the molecule is Cc1nc2c(cnn2C(C)C2CC2)c(C)c1CCC(=O)O. The van der Waals surface area contributed by atoms with Crippen LogP contribution in [-0.2, 0) is 11.2 Å². The first-order valence-corrected chi connectivity index (χ1v) is 7.54. The second-order valence-corrected chi connectivity index (χ2v) is 6.10. The average Bonchev–Trinajstić information content (AvgIpc) is 3.18. The Morgan fingerprint density at radius 3 is 2.81 bits per heavy atom. The Labute approximate surface area is 124 Å². The van der Waals surface area contributed by atoms with Gasteiger partial charge in [-0.25, -0.2) is 9.67 Å². The Hall–Kier alpha value is -1.91. The third-order valence-electron chi connectivity index (χ3n) is 4.62. The molecule has 3 rings (SSSR count). The zero-order valence-electron chi connectivity index (χ0n) is 12.8. The van der Waals surface area contributed by atoms with Crippen molar-refractivity contribution in [2.45, 2.75) is 52.5 Å². The molecule has 1 atom stereocenters. The van der Waals surface area contributed by atoms with E-state index >= 15 is 0 Å². The minimum Gasteiger partial charge on any atom is -0.481 e. The molecule has 112 valence electrons. The van der Waals surface area contributed by atoms with Gasteiger partial charge in [0.25, 0.3) is 0 Å². The van der Waals surface area contributed by atoms with Gasteiger partial charge in [0.1, 0.15) is 0 Å². The van der Waals surface area contributed by atoms with Gasteiger partial charge in [-0.1, -0.05) is 0 Å². The second kappa shape index (κ2) is 5.13. The van der Waals surface area contributed by atoms with E-state index in [1.54, 1.807) is 0 Å². The summed E-state index contributed by atoms with van der Waals surface area (Å²) in [6.07, 6.45) is 5.09. The third kappa shape index (κ3) is 2.52. The predicted octanol–water partition coefficient (Wildman–Crippen LogP) is 3.04. The van der Waals surface area contributed by atoms with Crippen molar-refractivity contribution in [3.63, 3.8) is 0 Å². The Bertz CT molecular complexity index is 701. The first-order valence-electron chi connectivity index (χ1n) is 7.54. The number of hydrogen-bond acceptors (Lipinski definition) is 3. The summed E-state index contributed by atoms with van der Waals surface area (Å²) in [5.74, 6) is -0.0471. The van der Waals surface area contributed by atoms with Crippen LogP contribution in [0.3, 0.4) is 0 Å². The van der Waals surface area contributed by atoms with Crippen molar-refractivity contribution in [1.29, 1.82) is 0 Å². The number of carbonyl (C=O) groups is 1. The number of fused-ring (bicyclic) bond motifs is 1. The van der Waals surface area contributed by atoms with Crippen molar-refractivity contribution in [1.82, 2.24) is 14.8 Å². The fourth-order valence-electron chi connectivity index (χ4n) is 3.07. The van der Waals surface area contributed by atoms with Gasteiger partial charge in [0.2, 0.25) is 0 Å². The number of aliphatic carboxylic acids is 1. The van der Waals surface area contributed by atoms with Crippen LogP contribution in [0.5, 0.6) is 0 Å². The van der Waals surface area contributed by atoms with Crippen molar-refractivity contribution in [2.24, 2.45) is 5.92 Å². The van der Waals surface area contributed by atoms with Gasteiger partial charge in [-0.15, -0.1) is 0 Å². The van der Waals surface area contributed by atoms with Crippen LogP contribution < -0.4 is 0 Å². The van der Waals surface area contributed by atoms with E-state index in [2.05, 4.69) is 12.0 Å². The molecule has 5 heteroatoms. The van der Waals surface area contributed by atoms with Crippen molar-refractivity contribution >= 4 is 17.0 Å². The summed E-state index contributed by atoms with van der Waals surface area (Å²) in [5, 5.41) is 14.5. The fourth-order valence-corrected chi connectivity index (χ4v) is 3.07. The topological polar surface area (TPSA) is 68.0 Å². The van der Waals surface area contributed by atoms with Gasteiger partial charge in [0.15, 0.2) is 5.65 Å². The molecular formula is C16H21N3O2. The minimum atomic E-state index is -0.771. The molecule has 1 N–H and O–H groups in total. The van der Waals surface area contributed by atoms with E-state index < -0.39 is 5.97 Å². The highest BCUT2D eigenvalue weighted by atomic mass is 16.4. The molecule has 0 radical (unpaired) electrons. The van der Waals surface area contributed by atoms with E-state index in [9.17, 15) is 4.79 Å². The van der Waals surface area contributed by atoms with Crippen LogP contribution in [0.25, 0.3) is 11.0 Å². The maximum atomic E-state index is 10.8. The Morgan fingerprint density at radius 2 is 2.19 bits per heavy atom. The number of rotatable bonds is 5. The molecule has 21 heavy (non-hydrogen) atoms. The predicted molar refractivity (Wildman–Crippen MR) is 80.4 cm³/mol. The Kier molecular flexibility index (Phi) is 3.43. The lowest BCUT2D eigenvalue weighted by molar-refractivity contribution is -0.136. The molecule has 0 aromatic carbocycles. The van der Waals surface area contributed by atoms with Gasteiger partial charge in [-0.3, -0.25) is 4.79 Å². The molecule has 0 spiro atoms. The molecule has 1 fully saturated rings. The number of hydrogen-bond donors (Lipinski definition) is 1. The highest BCUT2D eigenvalue weighted by Gasteiger charge is 2.31. The summed E-state index contributed by atoms with van der Waals surface area (Å²) >= 11 is 0. The molecule has 1 aliphatic carbocycles. The van der Waals surface area contributed by atoms with Crippen molar-refractivity contribution < 1.29 is 9.90 Å². The van der Waals surface area contributed by atoms with E-state index in [0.29, 0.717) is 12.5 Å². The molecule has 1 saturated carbocycles. The molecule has 5 nitrogen and oxygen atoms in total. The number of aromatic nitrogens is 3. The molecule has 0 saturated heterocycles. The number of aryl methyl sites for hydroxylation is 2. The van der Waals surface area contributed by atoms with Crippen LogP contribution in [0, 0.1) is 19.8 Å². The molecule has 1 unspecified atom stereocenters. The van der Waals surface area contributed by atoms with E-state index in [0.717, 1.165) is 33.8 Å². The van der Waals surface area contributed by atoms with Crippen LogP contribution in [0.15, 0.2) is 6.20 Å². The first kappa shape index (κ1) is 14.0. The monoisotopic (exact) mass is 287 g/mol. The highest BCUT2D eigenvalue weighted by Crippen LogP contribution is 2.40. The largest absolute Gasteiger partial charge is 0.481 e. The van der Waals surface area contributed by atoms with Crippen LogP contribution in [-0.4, -0.2) is 25.8 Å². The quantitative estimate of drug-likeness (QED) is 0.917. The molecule has 0 amide bonds. The lowest BCUT2D eigenvalue weighted by atomic mass is 10.0. The number of carboxylic acid groups (broad SMARTS) is 1. The summed E-state index contributed by atoms with van der Waals surface area (Å²) in [6.45, 7) is 6.21. The standard InChI is InChI=1S/C16H21N3O2/c1-9-13(6-7-15(20)21)10(2)18-16-14(9)8-17-19(16)11(3)12-4-5-12/h8,11-12H,4-7H2,1-3H3,(H,20,21). The summed E-state index contributed by atoms with van der Waals surface area (Å²) in [7, 11) is 0. The van der Waals surface area contributed by atoms with Gasteiger partial charge in [0.05, 0.1) is 12.2 Å². The van der Waals surface area contributed by atoms with Crippen molar-refractivity contribution in [3.8, 4) is 0 Å². The van der Waals surface area contributed by atoms with Gasteiger partial charge >= 0.3 is 5.97 Å². The summed E-state index contributed by atoms with van der Waals surface area (Å²) in [4.78, 5) is 15.5. The maximum absolute atomic E-state index is 10.8. The normalized spacial score (nSPS) is 16.3. The Morgan fingerprint density at radius 1 is 1.48 bits per heavy atom. The minimum absolute atomic E-state index is 0.140. The first-order chi connectivity index (χ1) is 9.99. The molecule has 2 aromatic rings. The summed E-state index contributed by atoms with van der Waals surface area (Å²) < 4.78 is 2.04. The zero-order chi connectivity index (χ0) is 15.1. The molecule has 1 aliphatic rings. The maximum Gasteiger partial charge on any atom is 0.303 e. The number of pyridine rings is 1. The lowest BCUT2D eigenvalue weighted by Gasteiger charge is -2.14. The van der Waals surface area contributed by atoms with E-state index in [-0.39, 0.29) is 6.42 Å². The van der Waals surface area contributed by atoms with E-state index in [4.69, 9.17) is 10.1 Å². The van der Waals surface area contributed by atoms with Crippen molar-refractivity contribution in [2.75, 3.05) is 0 Å². The Balaban J connectivity index is 2.03. The van der Waals surface area contributed by atoms with Crippen LogP contribution >= 0.6 is 0 Å². The molecule has 0 bridgehead atoms. The molecule has 2 heterocycles. The van der Waals surface area contributed by atoms with Gasteiger partial charge in [-0.2, -0.15) is 5.10 Å². The van der Waals surface area contributed by atoms with Crippen LogP contribution in [0.2, 0.25) is 0 Å². The second-order valence-electron chi connectivity index (χ2n) is 6.10. The zero-order valence-corrected chi connectivity index (χ0v) is 12.8. The third-order valence-corrected chi connectivity index (χ3v) is 4.62. The average molecular weight is 287 g/mol. The smallest absolute Gasteiger partial charge is 0.303 e. The van der Waals surface area contributed by atoms with Gasteiger partial charge in [0, 0.05) is 17.5 Å². The fraction of sp³-hybridized carbons (Fsp3) is 0.562. The number of nitrogens with zero attached hydrogens (tertiary/aromatic N) is 3.